The van der Waals surface area contributed by atoms with E-state index < -0.39 is 0 Å². The van der Waals surface area contributed by atoms with Gasteiger partial charge in [0.2, 0.25) is 0 Å². The maximum Gasteiger partial charge on any atom is 0.0610 e. The summed E-state index contributed by atoms with van der Waals surface area (Å²) < 4.78 is 14.0. The molecule has 1 aliphatic rings. The number of anilines is 4. The molecular formula is C49H31N4OPtS2-3. The maximum atomic E-state index is 6.96. The fourth-order valence-corrected chi connectivity index (χ4v) is 11.4. The van der Waals surface area contributed by atoms with Crippen molar-refractivity contribution in [3.8, 4) is 11.5 Å². The molecule has 0 amide bonds. The molecule has 0 atom stereocenters. The van der Waals surface area contributed by atoms with E-state index in [1.807, 2.05) is 29.7 Å². The second-order valence-corrected chi connectivity index (χ2v) is 16.8. The van der Waals surface area contributed by atoms with Gasteiger partial charge in [-0.2, -0.15) is 17.4 Å². The number of fused-ring (bicyclic) bond motifs is 15. The number of aromatic nitrogens is 2. The van der Waals surface area contributed by atoms with E-state index in [2.05, 4.69) is 163 Å². The molecule has 5 heterocycles. The SMILES string of the molecule is Cc1cc(C)c(N2[CH-]N(c3[c-]c(Oc4[c-]c5c(c6c4sc4ccccc46)c4c6sc7ccccc7c6ccc4n4ccnc54)ccc3)c3ccccc32)c(C)c1.[Pt]. The Morgan fingerprint density at radius 1 is 0.649 bits per heavy atom. The van der Waals surface area contributed by atoms with Crippen molar-refractivity contribution in [2.75, 3.05) is 9.80 Å². The van der Waals surface area contributed by atoms with Crippen molar-refractivity contribution in [3.63, 3.8) is 0 Å². The Morgan fingerprint density at radius 3 is 2.16 bits per heavy atom. The molecule has 11 aromatic rings. The third-order valence-corrected chi connectivity index (χ3v) is 13.5. The summed E-state index contributed by atoms with van der Waals surface area (Å²) in [6.07, 6.45) is 3.95. The molecule has 0 unspecified atom stereocenters. The van der Waals surface area contributed by atoms with Crippen molar-refractivity contribution in [2.24, 2.45) is 0 Å². The third-order valence-electron chi connectivity index (χ3n) is 11.2. The van der Waals surface area contributed by atoms with Gasteiger partial charge >= 0.3 is 0 Å². The number of benzene rings is 7. The smallest absolute Gasteiger partial charge is 0.0610 e. The average molecular weight is 951 g/mol. The molecule has 0 saturated carbocycles. The predicted octanol–water partition coefficient (Wildman–Crippen LogP) is 14.1. The summed E-state index contributed by atoms with van der Waals surface area (Å²) in [5.41, 5.74) is 10.0. The first-order valence-electron chi connectivity index (χ1n) is 18.7. The molecule has 12 rings (SSSR count). The van der Waals surface area contributed by atoms with Crippen molar-refractivity contribution < 1.29 is 25.8 Å². The van der Waals surface area contributed by atoms with Crippen molar-refractivity contribution in [1.82, 2.24) is 9.38 Å². The van der Waals surface area contributed by atoms with E-state index in [4.69, 9.17) is 9.72 Å². The van der Waals surface area contributed by atoms with Crippen LogP contribution in [0.15, 0.2) is 128 Å². The Kier molecular flexibility index (Phi) is 7.81. The molecule has 0 N–H and O–H groups in total. The zero-order chi connectivity index (χ0) is 37.2. The summed E-state index contributed by atoms with van der Waals surface area (Å²) in [6.45, 7) is 8.71. The molecular weight excluding hydrogens is 920 g/mol. The van der Waals surface area contributed by atoms with Crippen LogP contribution in [-0.2, 0) is 21.1 Å². The van der Waals surface area contributed by atoms with Gasteiger partial charge in [-0.3, -0.25) is 4.98 Å². The monoisotopic (exact) mass is 950 g/mol. The third kappa shape index (κ3) is 5.05. The fourth-order valence-electron chi connectivity index (χ4n) is 8.98. The number of hydrogen-bond donors (Lipinski definition) is 0. The van der Waals surface area contributed by atoms with Crippen LogP contribution in [0.5, 0.6) is 11.5 Å². The topological polar surface area (TPSA) is 33.0 Å². The van der Waals surface area contributed by atoms with E-state index in [0.717, 1.165) is 38.3 Å². The van der Waals surface area contributed by atoms with Crippen molar-refractivity contribution >= 4 is 113 Å². The molecule has 0 radical (unpaired) electrons. The van der Waals surface area contributed by atoms with Crippen LogP contribution in [0.3, 0.4) is 0 Å². The van der Waals surface area contributed by atoms with Crippen LogP contribution in [-0.4, -0.2) is 9.38 Å². The fraction of sp³-hybridized carbons (Fsp3) is 0.0612. The number of nitrogens with zero attached hydrogens (tertiary/aromatic N) is 4. The van der Waals surface area contributed by atoms with Crippen molar-refractivity contribution in [1.29, 1.82) is 0 Å². The Bertz CT molecular complexity index is 3430. The number of aryl methyl sites for hydroxylation is 3. The number of imidazole rings is 1. The number of para-hydroxylation sites is 2. The molecule has 0 aliphatic carbocycles. The van der Waals surface area contributed by atoms with E-state index in [1.54, 1.807) is 11.3 Å². The Labute approximate surface area is 351 Å². The second-order valence-electron chi connectivity index (χ2n) is 14.7. The Balaban J connectivity index is 0.00000374. The summed E-state index contributed by atoms with van der Waals surface area (Å²) in [4.78, 5) is 9.44. The van der Waals surface area contributed by atoms with Crippen LogP contribution in [0, 0.1) is 39.6 Å². The summed E-state index contributed by atoms with van der Waals surface area (Å²) in [5, 5.41) is 8.26. The standard InChI is InChI=1S/C49H31N4OS2.Pt/c1-28-23-29(2)46(30(3)24-28)53-27-52(37-15-6-7-16-38(37)53)31-11-10-12-32(25-31)54-40-26-36-43(44-35-14-5-9-18-42(35)56-48(40)44)45-39(51-22-21-50-49(36)51)20-19-34-33-13-4-8-17-41(33)55-47(34)45;/h4-24,27H,1-3H3;/q-3;. The van der Waals surface area contributed by atoms with Gasteiger partial charge in [0.15, 0.2) is 0 Å². The largest absolute Gasteiger partial charge is 0.501 e. The maximum absolute atomic E-state index is 6.96. The molecule has 57 heavy (non-hydrogen) atoms. The number of pyridine rings is 1. The van der Waals surface area contributed by atoms with Crippen LogP contribution in [0.25, 0.3) is 67.7 Å². The van der Waals surface area contributed by atoms with Gasteiger partial charge in [-0.05, 0) is 77.7 Å². The first kappa shape index (κ1) is 34.5. The normalized spacial score (nSPS) is 12.9. The van der Waals surface area contributed by atoms with Gasteiger partial charge in [-0.15, -0.1) is 41.9 Å². The van der Waals surface area contributed by atoms with Gasteiger partial charge in [0.1, 0.15) is 0 Å². The first-order chi connectivity index (χ1) is 27.5. The molecule has 8 heteroatoms. The Hall–Kier alpha value is -5.72. The van der Waals surface area contributed by atoms with Crippen LogP contribution < -0.4 is 14.5 Å². The van der Waals surface area contributed by atoms with E-state index in [-0.39, 0.29) is 21.1 Å². The van der Waals surface area contributed by atoms with Crippen molar-refractivity contribution in [2.45, 2.75) is 20.8 Å². The zero-order valence-corrected chi connectivity index (χ0v) is 34.9. The van der Waals surface area contributed by atoms with Gasteiger partial charge in [0, 0.05) is 86.7 Å². The van der Waals surface area contributed by atoms with E-state index in [9.17, 15) is 0 Å². The van der Waals surface area contributed by atoms with Crippen LogP contribution in [0.4, 0.5) is 22.7 Å². The van der Waals surface area contributed by atoms with E-state index in [0.29, 0.717) is 11.5 Å². The minimum absolute atomic E-state index is 0. The molecule has 1 aliphatic heterocycles. The van der Waals surface area contributed by atoms with E-state index in [1.165, 1.54) is 68.8 Å². The summed E-state index contributed by atoms with van der Waals surface area (Å²) >= 11 is 3.61. The summed E-state index contributed by atoms with van der Waals surface area (Å²) in [6, 6.07) is 48.6. The second kappa shape index (κ2) is 12.9. The first-order valence-corrected chi connectivity index (χ1v) is 20.3. The molecule has 278 valence electrons. The minimum Gasteiger partial charge on any atom is -0.501 e. The molecule has 4 aromatic heterocycles. The molecule has 7 aromatic carbocycles. The number of hydrogen-bond acceptors (Lipinski definition) is 6. The van der Waals surface area contributed by atoms with Crippen molar-refractivity contribution in [3.05, 3.63) is 163 Å². The van der Waals surface area contributed by atoms with Crippen LogP contribution in [0.1, 0.15) is 16.7 Å². The minimum atomic E-state index is 0. The number of rotatable bonds is 4. The quantitative estimate of drug-likeness (QED) is 0.130. The molecule has 5 nitrogen and oxygen atoms in total. The number of thiophene rings is 2. The molecule has 0 saturated heterocycles. The Morgan fingerprint density at radius 2 is 1.35 bits per heavy atom. The van der Waals surface area contributed by atoms with E-state index >= 15 is 0 Å². The molecule has 0 bridgehead atoms. The van der Waals surface area contributed by atoms with Gasteiger partial charge in [-0.1, -0.05) is 94.5 Å². The predicted molar refractivity (Wildman–Crippen MR) is 236 cm³/mol. The van der Waals surface area contributed by atoms with Gasteiger partial charge in [0.25, 0.3) is 0 Å². The van der Waals surface area contributed by atoms with Crippen LogP contribution in [0.2, 0.25) is 0 Å². The van der Waals surface area contributed by atoms with Crippen LogP contribution >= 0.6 is 22.7 Å². The van der Waals surface area contributed by atoms with Gasteiger partial charge in [-0.25, -0.2) is 0 Å². The summed E-state index contributed by atoms with van der Waals surface area (Å²) in [5.74, 6) is 1.30. The summed E-state index contributed by atoms with van der Waals surface area (Å²) in [7, 11) is 0. The average Bonchev–Trinajstić information content (AvgIpc) is 4.01. The number of ether oxygens (including phenoxy) is 1. The zero-order valence-electron chi connectivity index (χ0n) is 31.0. The van der Waals surface area contributed by atoms with Gasteiger partial charge in [0.05, 0.1) is 11.4 Å². The molecule has 0 spiro atoms. The van der Waals surface area contributed by atoms with Gasteiger partial charge < -0.3 is 18.9 Å². The molecule has 0 fully saturated rings.